The van der Waals surface area contributed by atoms with Gasteiger partial charge in [-0.05, 0) is 43.4 Å². The van der Waals surface area contributed by atoms with Crippen LogP contribution in [0.2, 0.25) is 0 Å². The molecule has 124 valence electrons. The minimum Gasteiger partial charge on any atom is -0.338 e. The number of nitrogens with one attached hydrogen (secondary N) is 2. The molecule has 6 heteroatoms. The fourth-order valence-corrected chi connectivity index (χ4v) is 2.70. The van der Waals surface area contributed by atoms with Gasteiger partial charge < -0.3 is 20.4 Å². The van der Waals surface area contributed by atoms with Gasteiger partial charge in [-0.2, -0.15) is 0 Å². The molecule has 1 saturated carbocycles. The van der Waals surface area contributed by atoms with Crippen LogP contribution in [0, 0.1) is 12.8 Å². The maximum atomic E-state index is 12.3. The van der Waals surface area contributed by atoms with Crippen LogP contribution in [0.25, 0.3) is 0 Å². The van der Waals surface area contributed by atoms with Crippen molar-refractivity contribution in [3.05, 3.63) is 29.8 Å². The highest BCUT2D eigenvalue weighted by molar-refractivity contribution is 5.89. The third kappa shape index (κ3) is 4.37. The Morgan fingerprint density at radius 2 is 1.74 bits per heavy atom. The molecule has 2 fully saturated rings. The lowest BCUT2D eigenvalue weighted by atomic mass is 10.2. The predicted molar refractivity (Wildman–Crippen MR) is 89.5 cm³/mol. The molecule has 0 radical (unpaired) electrons. The highest BCUT2D eigenvalue weighted by Crippen LogP contribution is 2.27. The fraction of sp³-hybridized carbons (Fsp3) is 0.529. The number of carbonyl (C=O) groups excluding carboxylic acids is 2. The van der Waals surface area contributed by atoms with Gasteiger partial charge in [0.1, 0.15) is 0 Å². The first-order valence-electron chi connectivity index (χ1n) is 8.27. The van der Waals surface area contributed by atoms with Gasteiger partial charge in [0.2, 0.25) is 0 Å². The van der Waals surface area contributed by atoms with Crippen molar-refractivity contribution in [2.45, 2.75) is 19.8 Å². The van der Waals surface area contributed by atoms with Crippen molar-refractivity contribution in [2.24, 2.45) is 5.92 Å². The van der Waals surface area contributed by atoms with Crippen LogP contribution in [0.1, 0.15) is 18.4 Å². The second-order valence-corrected chi connectivity index (χ2v) is 6.40. The number of amides is 4. The molecular formula is C17H24N4O2. The normalized spacial score (nSPS) is 17.8. The van der Waals surface area contributed by atoms with Gasteiger partial charge in [-0.3, -0.25) is 0 Å². The van der Waals surface area contributed by atoms with Crippen molar-refractivity contribution in [1.29, 1.82) is 0 Å². The summed E-state index contributed by atoms with van der Waals surface area (Å²) < 4.78 is 0. The van der Waals surface area contributed by atoms with Gasteiger partial charge in [-0.25, -0.2) is 9.59 Å². The summed E-state index contributed by atoms with van der Waals surface area (Å²) in [5.41, 5.74) is 1.92. The van der Waals surface area contributed by atoms with Crippen LogP contribution >= 0.6 is 0 Å². The Balaban J connectivity index is 1.44. The summed E-state index contributed by atoms with van der Waals surface area (Å²) in [7, 11) is 0. The second-order valence-electron chi connectivity index (χ2n) is 6.40. The Hall–Kier alpha value is -2.24. The molecule has 0 unspecified atom stereocenters. The van der Waals surface area contributed by atoms with E-state index in [0.29, 0.717) is 32.1 Å². The Morgan fingerprint density at radius 1 is 1.09 bits per heavy atom. The molecule has 2 aliphatic rings. The van der Waals surface area contributed by atoms with Crippen molar-refractivity contribution < 1.29 is 9.59 Å². The van der Waals surface area contributed by atoms with Crippen LogP contribution in [0.5, 0.6) is 0 Å². The minimum atomic E-state index is -0.103. The van der Waals surface area contributed by atoms with E-state index >= 15 is 0 Å². The number of piperazine rings is 1. The molecule has 0 spiro atoms. The molecule has 23 heavy (non-hydrogen) atoms. The molecule has 1 aromatic carbocycles. The third-order valence-corrected chi connectivity index (χ3v) is 4.36. The van der Waals surface area contributed by atoms with Crippen LogP contribution in [0.15, 0.2) is 24.3 Å². The molecule has 1 heterocycles. The summed E-state index contributed by atoms with van der Waals surface area (Å²) in [5.74, 6) is 0.681. The number of urea groups is 2. The maximum Gasteiger partial charge on any atom is 0.321 e. The number of anilines is 1. The first-order chi connectivity index (χ1) is 11.1. The van der Waals surface area contributed by atoms with E-state index in [1.54, 1.807) is 9.80 Å². The van der Waals surface area contributed by atoms with E-state index in [1.807, 2.05) is 31.2 Å². The van der Waals surface area contributed by atoms with E-state index in [4.69, 9.17) is 0 Å². The largest absolute Gasteiger partial charge is 0.338 e. The molecule has 2 N–H and O–H groups in total. The number of hydrogen-bond acceptors (Lipinski definition) is 2. The first kappa shape index (κ1) is 15.6. The second kappa shape index (κ2) is 6.89. The lowest BCUT2D eigenvalue weighted by molar-refractivity contribution is 0.149. The smallest absolute Gasteiger partial charge is 0.321 e. The number of carbonyl (C=O) groups is 2. The number of hydrogen-bond donors (Lipinski definition) is 2. The van der Waals surface area contributed by atoms with E-state index in [-0.39, 0.29) is 12.1 Å². The summed E-state index contributed by atoms with van der Waals surface area (Å²) in [5, 5.41) is 5.89. The average Bonchev–Trinajstić information content (AvgIpc) is 3.37. The highest BCUT2D eigenvalue weighted by atomic mass is 16.2. The van der Waals surface area contributed by atoms with E-state index in [0.717, 1.165) is 17.8 Å². The highest BCUT2D eigenvalue weighted by Gasteiger charge is 2.26. The lowest BCUT2D eigenvalue weighted by Gasteiger charge is -2.34. The molecule has 1 saturated heterocycles. The van der Waals surface area contributed by atoms with E-state index in [2.05, 4.69) is 10.6 Å². The molecule has 0 bridgehead atoms. The molecule has 0 aromatic heterocycles. The van der Waals surface area contributed by atoms with E-state index in [1.165, 1.54) is 12.8 Å². The van der Waals surface area contributed by atoms with Crippen LogP contribution in [0.3, 0.4) is 0 Å². The Kier molecular flexibility index (Phi) is 4.69. The van der Waals surface area contributed by atoms with Gasteiger partial charge in [-0.1, -0.05) is 12.1 Å². The maximum absolute atomic E-state index is 12.3. The van der Waals surface area contributed by atoms with Crippen LogP contribution in [-0.2, 0) is 0 Å². The Bertz CT molecular complexity index is 578. The van der Waals surface area contributed by atoms with Gasteiger partial charge >= 0.3 is 12.1 Å². The summed E-state index contributed by atoms with van der Waals surface area (Å²) >= 11 is 0. The summed E-state index contributed by atoms with van der Waals surface area (Å²) in [6.45, 7) is 5.07. The number of nitrogens with zero attached hydrogens (tertiary/aromatic N) is 2. The Labute approximate surface area is 136 Å². The van der Waals surface area contributed by atoms with Gasteiger partial charge in [0, 0.05) is 38.4 Å². The monoisotopic (exact) mass is 316 g/mol. The van der Waals surface area contributed by atoms with E-state index in [9.17, 15) is 9.59 Å². The van der Waals surface area contributed by atoms with Crippen molar-refractivity contribution in [2.75, 3.05) is 38.0 Å². The van der Waals surface area contributed by atoms with Crippen molar-refractivity contribution in [3.8, 4) is 0 Å². The molecule has 4 amide bonds. The number of aryl methyl sites for hydroxylation is 1. The lowest BCUT2D eigenvalue weighted by Crippen LogP contribution is -2.54. The summed E-state index contributed by atoms with van der Waals surface area (Å²) in [4.78, 5) is 27.9. The standard InChI is InChI=1S/C17H24N4O2/c1-13-3-2-4-15(11-13)19-17(23)21-9-7-20(8-10-21)16(22)18-12-14-5-6-14/h2-4,11,14H,5-10,12H2,1H3,(H,18,22)(H,19,23). The minimum absolute atomic E-state index is 0.00403. The molecule has 1 aliphatic carbocycles. The molecule has 1 aromatic rings. The van der Waals surface area contributed by atoms with Gasteiger partial charge in [0.25, 0.3) is 0 Å². The molecule has 6 nitrogen and oxygen atoms in total. The SMILES string of the molecule is Cc1cccc(NC(=O)N2CCN(C(=O)NCC3CC3)CC2)c1. The molecule has 1 aliphatic heterocycles. The fourth-order valence-electron chi connectivity index (χ4n) is 2.70. The van der Waals surface area contributed by atoms with Crippen molar-refractivity contribution in [1.82, 2.24) is 15.1 Å². The quantitative estimate of drug-likeness (QED) is 0.898. The first-order valence-corrected chi connectivity index (χ1v) is 8.27. The zero-order valence-electron chi connectivity index (χ0n) is 13.5. The van der Waals surface area contributed by atoms with Crippen LogP contribution < -0.4 is 10.6 Å². The third-order valence-electron chi connectivity index (χ3n) is 4.36. The summed E-state index contributed by atoms with van der Waals surface area (Å²) in [6, 6.07) is 7.64. The zero-order valence-corrected chi connectivity index (χ0v) is 13.5. The molecule has 0 atom stereocenters. The number of benzene rings is 1. The molecular weight excluding hydrogens is 292 g/mol. The van der Waals surface area contributed by atoms with Gasteiger partial charge in [-0.15, -0.1) is 0 Å². The molecule has 3 rings (SSSR count). The predicted octanol–water partition coefficient (Wildman–Crippen LogP) is 2.26. The Morgan fingerprint density at radius 3 is 2.35 bits per heavy atom. The van der Waals surface area contributed by atoms with Gasteiger partial charge in [0.05, 0.1) is 0 Å². The topological polar surface area (TPSA) is 64.7 Å². The van der Waals surface area contributed by atoms with Crippen LogP contribution in [0.4, 0.5) is 15.3 Å². The van der Waals surface area contributed by atoms with Crippen LogP contribution in [-0.4, -0.2) is 54.6 Å². The number of rotatable bonds is 3. The van der Waals surface area contributed by atoms with E-state index < -0.39 is 0 Å². The van der Waals surface area contributed by atoms with Crippen molar-refractivity contribution >= 4 is 17.7 Å². The summed E-state index contributed by atoms with van der Waals surface area (Å²) in [6.07, 6.45) is 2.46. The average molecular weight is 316 g/mol. The zero-order chi connectivity index (χ0) is 16.2. The van der Waals surface area contributed by atoms with Gasteiger partial charge in [0.15, 0.2) is 0 Å². The van der Waals surface area contributed by atoms with Crippen molar-refractivity contribution in [3.63, 3.8) is 0 Å².